The van der Waals surface area contributed by atoms with Crippen LogP contribution in [0.4, 0.5) is 4.79 Å². The van der Waals surface area contributed by atoms with Crippen LogP contribution in [0.1, 0.15) is 16.5 Å². The van der Waals surface area contributed by atoms with Gasteiger partial charge < -0.3 is 15.4 Å². The summed E-state index contributed by atoms with van der Waals surface area (Å²) in [6.07, 6.45) is 0.648. The monoisotopic (exact) mass is 342 g/mol. The first kappa shape index (κ1) is 16.3. The molecule has 6 heteroatoms. The van der Waals surface area contributed by atoms with Crippen LogP contribution in [-0.2, 0) is 16.0 Å². The highest BCUT2D eigenvalue weighted by Gasteiger charge is 2.39. The van der Waals surface area contributed by atoms with Gasteiger partial charge in [0.2, 0.25) is 0 Å². The zero-order valence-electron chi connectivity index (χ0n) is 13.0. The number of hydrogen-bond acceptors (Lipinski definition) is 4. The molecule has 24 heavy (non-hydrogen) atoms. The minimum Gasteiger partial charge on any atom is -0.465 e. The third-order valence-corrected chi connectivity index (χ3v) is 4.81. The highest BCUT2D eigenvalue weighted by atomic mass is 32.1. The number of amides is 2. The molecule has 2 aromatic rings. The maximum absolute atomic E-state index is 12.5. The maximum Gasteiger partial charge on any atom is 0.319 e. The molecule has 1 aromatic heterocycles. The number of benzene rings is 1. The first-order chi connectivity index (χ1) is 11.6. The molecule has 0 bridgehead atoms. The van der Waals surface area contributed by atoms with Gasteiger partial charge in [0, 0.05) is 17.0 Å². The predicted molar refractivity (Wildman–Crippen MR) is 92.5 cm³/mol. The van der Waals surface area contributed by atoms with E-state index >= 15 is 0 Å². The molecule has 1 aliphatic rings. The van der Waals surface area contributed by atoms with E-state index in [2.05, 4.69) is 17.2 Å². The Hall–Kier alpha value is -2.60. The van der Waals surface area contributed by atoms with E-state index in [0.717, 1.165) is 10.4 Å². The van der Waals surface area contributed by atoms with Gasteiger partial charge in [0.05, 0.1) is 12.6 Å². The zero-order valence-corrected chi connectivity index (χ0v) is 13.8. The van der Waals surface area contributed by atoms with Crippen molar-refractivity contribution in [1.82, 2.24) is 10.6 Å². The Balaban J connectivity index is 1.66. The predicted octanol–water partition coefficient (Wildman–Crippen LogP) is 3.02. The van der Waals surface area contributed by atoms with E-state index in [0.29, 0.717) is 12.1 Å². The van der Waals surface area contributed by atoms with Gasteiger partial charge in [-0.2, -0.15) is 0 Å². The van der Waals surface area contributed by atoms with Crippen molar-refractivity contribution in [3.8, 4) is 0 Å². The van der Waals surface area contributed by atoms with E-state index in [9.17, 15) is 9.59 Å². The molecule has 0 spiro atoms. The van der Waals surface area contributed by atoms with E-state index in [1.54, 1.807) is 0 Å². The van der Waals surface area contributed by atoms with Crippen LogP contribution in [0, 0.1) is 5.92 Å². The van der Waals surface area contributed by atoms with E-state index in [1.807, 2.05) is 47.8 Å². The zero-order chi connectivity index (χ0) is 16.9. The molecule has 2 atom stereocenters. The Kier molecular flexibility index (Phi) is 4.96. The molecule has 2 amide bonds. The average Bonchev–Trinajstić information content (AvgIpc) is 3.09. The van der Waals surface area contributed by atoms with Crippen molar-refractivity contribution in [3.05, 3.63) is 70.6 Å². The van der Waals surface area contributed by atoms with Crippen molar-refractivity contribution in [2.75, 3.05) is 6.61 Å². The number of ether oxygens (including phenoxy) is 1. The van der Waals surface area contributed by atoms with Crippen LogP contribution in [0.2, 0.25) is 0 Å². The molecule has 0 radical (unpaired) electrons. The third-order valence-electron chi connectivity index (χ3n) is 3.85. The molecule has 0 aliphatic carbocycles. The first-order valence-corrected chi connectivity index (χ1v) is 8.53. The Labute approximate surface area is 144 Å². The summed E-state index contributed by atoms with van der Waals surface area (Å²) in [6.45, 7) is 4.11. The molecule has 124 valence electrons. The Morgan fingerprint density at radius 3 is 2.71 bits per heavy atom. The number of hydrogen-bond donors (Lipinski definition) is 2. The van der Waals surface area contributed by atoms with Gasteiger partial charge in [-0.05, 0) is 17.0 Å². The summed E-state index contributed by atoms with van der Waals surface area (Å²) < 4.78 is 5.43. The summed E-state index contributed by atoms with van der Waals surface area (Å²) in [6, 6.07) is 12.8. The van der Waals surface area contributed by atoms with Crippen LogP contribution in [0.3, 0.4) is 0 Å². The number of carbonyl (C=O) groups excluding carboxylic acids is 2. The fourth-order valence-corrected chi connectivity index (χ4v) is 3.48. The van der Waals surface area contributed by atoms with Gasteiger partial charge >= 0.3 is 12.0 Å². The van der Waals surface area contributed by atoms with Gasteiger partial charge in [0.15, 0.2) is 0 Å². The summed E-state index contributed by atoms with van der Waals surface area (Å²) >= 11 is 1.48. The van der Waals surface area contributed by atoms with E-state index in [4.69, 9.17) is 4.74 Å². The molecular weight excluding hydrogens is 324 g/mol. The van der Waals surface area contributed by atoms with Crippen molar-refractivity contribution in [2.45, 2.75) is 12.5 Å². The number of thiophene rings is 1. The molecule has 3 rings (SSSR count). The molecule has 2 N–H and O–H groups in total. The molecule has 2 heterocycles. The normalized spacial score (nSPS) is 20.2. The van der Waals surface area contributed by atoms with E-state index in [1.165, 1.54) is 11.3 Å². The van der Waals surface area contributed by atoms with Gasteiger partial charge in [0.25, 0.3) is 0 Å². The van der Waals surface area contributed by atoms with Crippen LogP contribution < -0.4 is 10.6 Å². The lowest BCUT2D eigenvalue weighted by Crippen LogP contribution is -2.50. The lowest BCUT2D eigenvalue weighted by atomic mass is 9.93. The van der Waals surface area contributed by atoms with Crippen LogP contribution >= 0.6 is 11.3 Å². The second-order valence-corrected chi connectivity index (χ2v) is 6.48. The van der Waals surface area contributed by atoms with Gasteiger partial charge in [-0.3, -0.25) is 4.79 Å². The number of nitrogens with one attached hydrogen (secondary N) is 2. The van der Waals surface area contributed by atoms with Crippen LogP contribution in [-0.4, -0.2) is 18.6 Å². The highest BCUT2D eigenvalue weighted by molar-refractivity contribution is 7.10. The van der Waals surface area contributed by atoms with Gasteiger partial charge in [-0.25, -0.2) is 4.79 Å². The van der Waals surface area contributed by atoms with Gasteiger partial charge in [0.1, 0.15) is 5.92 Å². The minimum atomic E-state index is -0.642. The summed E-state index contributed by atoms with van der Waals surface area (Å²) in [5.74, 6) is -1.03. The molecule has 0 saturated carbocycles. The van der Waals surface area contributed by atoms with Crippen molar-refractivity contribution >= 4 is 23.3 Å². The second kappa shape index (κ2) is 7.31. The summed E-state index contributed by atoms with van der Waals surface area (Å²) in [5.41, 5.74) is 1.47. The Bertz CT molecular complexity index is 728. The number of urea groups is 1. The number of rotatable bonds is 5. The molecular formula is C18H18N2O3S. The van der Waals surface area contributed by atoms with Crippen molar-refractivity contribution in [2.24, 2.45) is 5.92 Å². The second-order valence-electron chi connectivity index (χ2n) is 5.50. The summed E-state index contributed by atoms with van der Waals surface area (Å²) in [4.78, 5) is 25.2. The first-order valence-electron chi connectivity index (χ1n) is 7.65. The topological polar surface area (TPSA) is 67.4 Å². The van der Waals surface area contributed by atoms with Crippen LogP contribution in [0.25, 0.3) is 0 Å². The highest BCUT2D eigenvalue weighted by Crippen LogP contribution is 2.32. The smallest absolute Gasteiger partial charge is 0.319 e. The molecule has 5 nitrogen and oxygen atoms in total. The van der Waals surface area contributed by atoms with Gasteiger partial charge in [-0.15, -0.1) is 11.3 Å². The SMILES string of the molecule is C=C1NC(=O)NC(c2cccs2)C1C(=O)OCCc1ccccc1. The van der Waals surface area contributed by atoms with Crippen molar-refractivity contribution in [1.29, 1.82) is 0 Å². The Morgan fingerprint density at radius 2 is 2.00 bits per heavy atom. The number of esters is 1. The largest absolute Gasteiger partial charge is 0.465 e. The summed E-state index contributed by atoms with van der Waals surface area (Å²) in [5, 5.41) is 7.26. The lowest BCUT2D eigenvalue weighted by molar-refractivity contribution is -0.148. The van der Waals surface area contributed by atoms with Crippen LogP contribution in [0.15, 0.2) is 60.1 Å². The molecule has 1 aliphatic heterocycles. The third kappa shape index (κ3) is 3.65. The van der Waals surface area contributed by atoms with Crippen LogP contribution in [0.5, 0.6) is 0 Å². The fourth-order valence-electron chi connectivity index (χ4n) is 2.67. The number of carbonyl (C=O) groups is 2. The molecule has 1 saturated heterocycles. The quantitative estimate of drug-likeness (QED) is 0.821. The average molecular weight is 342 g/mol. The molecule has 1 fully saturated rings. The van der Waals surface area contributed by atoms with E-state index in [-0.39, 0.29) is 18.6 Å². The fraction of sp³-hybridized carbons (Fsp3) is 0.222. The van der Waals surface area contributed by atoms with Crippen molar-refractivity contribution < 1.29 is 14.3 Å². The maximum atomic E-state index is 12.5. The standard InChI is InChI=1S/C18H18N2O3S/c1-12-15(16(20-18(22)19-12)14-8-5-11-24-14)17(21)23-10-9-13-6-3-2-4-7-13/h2-8,11,15-16H,1,9-10H2,(H2,19,20,22). The summed E-state index contributed by atoms with van der Waals surface area (Å²) in [7, 11) is 0. The molecule has 2 unspecified atom stereocenters. The minimum absolute atomic E-state index is 0.289. The molecule has 1 aromatic carbocycles. The van der Waals surface area contributed by atoms with Gasteiger partial charge in [-0.1, -0.05) is 43.0 Å². The van der Waals surface area contributed by atoms with Crippen molar-refractivity contribution in [3.63, 3.8) is 0 Å². The Morgan fingerprint density at radius 1 is 1.21 bits per heavy atom. The van der Waals surface area contributed by atoms with E-state index < -0.39 is 12.0 Å². The lowest BCUT2D eigenvalue weighted by Gasteiger charge is -2.32.